The molecule has 7 nitrogen and oxygen atoms in total. The second kappa shape index (κ2) is 8.74. The van der Waals surface area contributed by atoms with Crippen molar-refractivity contribution in [3.63, 3.8) is 0 Å². The highest BCUT2D eigenvalue weighted by Crippen LogP contribution is 2.45. The maximum Gasteiger partial charge on any atom is 0.336 e. The van der Waals surface area contributed by atoms with Gasteiger partial charge in [0, 0.05) is 23.6 Å². The summed E-state index contributed by atoms with van der Waals surface area (Å²) < 4.78 is 28.3. The minimum absolute atomic E-state index is 0.0704. The van der Waals surface area contributed by atoms with Crippen LogP contribution in [0.15, 0.2) is 45.6 Å². The van der Waals surface area contributed by atoms with Crippen LogP contribution in [0.2, 0.25) is 0 Å². The highest BCUT2D eigenvalue weighted by molar-refractivity contribution is 5.89. The van der Waals surface area contributed by atoms with E-state index in [1.54, 1.807) is 20.3 Å². The molecule has 3 heterocycles. The molecule has 5 rings (SSSR count). The number of fused-ring (bicyclic) bond motifs is 2. The van der Waals surface area contributed by atoms with Gasteiger partial charge in [-0.05, 0) is 62.7 Å². The summed E-state index contributed by atoms with van der Waals surface area (Å²) in [4.78, 5) is 14.7. The molecule has 1 aromatic heterocycles. The van der Waals surface area contributed by atoms with Crippen molar-refractivity contribution in [2.45, 2.75) is 25.2 Å². The molecule has 0 unspecified atom stereocenters. The van der Waals surface area contributed by atoms with Crippen LogP contribution in [-0.2, 0) is 0 Å². The average Bonchev–Trinajstić information content (AvgIpc) is 3.50. The Balaban J connectivity index is 1.67. The third-order valence-corrected chi connectivity index (χ3v) is 6.39. The van der Waals surface area contributed by atoms with E-state index in [-0.39, 0.29) is 12.7 Å². The van der Waals surface area contributed by atoms with E-state index in [1.807, 2.05) is 18.2 Å². The fourth-order valence-corrected chi connectivity index (χ4v) is 4.79. The lowest BCUT2D eigenvalue weighted by atomic mass is 9.86. The summed E-state index contributed by atoms with van der Waals surface area (Å²) in [5.74, 6) is 2.64. The van der Waals surface area contributed by atoms with E-state index in [4.69, 9.17) is 23.4 Å². The van der Waals surface area contributed by atoms with Gasteiger partial charge in [0.15, 0.2) is 11.5 Å². The molecule has 168 valence electrons. The first-order chi connectivity index (χ1) is 15.7. The summed E-state index contributed by atoms with van der Waals surface area (Å²) >= 11 is 0. The largest absolute Gasteiger partial charge is 0.496 e. The Morgan fingerprint density at radius 3 is 2.53 bits per heavy atom. The first-order valence-corrected chi connectivity index (χ1v) is 11.0. The van der Waals surface area contributed by atoms with E-state index in [0.29, 0.717) is 17.1 Å². The van der Waals surface area contributed by atoms with Gasteiger partial charge in [0.1, 0.15) is 17.1 Å². The number of hydrogen-bond acceptors (Lipinski definition) is 7. The van der Waals surface area contributed by atoms with E-state index in [2.05, 4.69) is 11.0 Å². The Morgan fingerprint density at radius 2 is 1.75 bits per heavy atom. The molecule has 0 aliphatic carbocycles. The predicted molar refractivity (Wildman–Crippen MR) is 120 cm³/mol. The highest BCUT2D eigenvalue weighted by Gasteiger charge is 2.28. The Morgan fingerprint density at radius 1 is 0.969 bits per heavy atom. The zero-order valence-electron chi connectivity index (χ0n) is 18.4. The molecule has 7 heteroatoms. The number of ether oxygens (including phenoxy) is 4. The number of hydrogen-bond donors (Lipinski definition) is 0. The van der Waals surface area contributed by atoms with Crippen molar-refractivity contribution in [2.24, 2.45) is 0 Å². The molecule has 2 aliphatic heterocycles. The van der Waals surface area contributed by atoms with Gasteiger partial charge in [-0.15, -0.1) is 0 Å². The summed E-state index contributed by atoms with van der Waals surface area (Å²) in [6, 6.07) is 11.1. The van der Waals surface area contributed by atoms with E-state index in [0.717, 1.165) is 54.1 Å². The van der Waals surface area contributed by atoms with Gasteiger partial charge in [-0.25, -0.2) is 4.79 Å². The lowest BCUT2D eigenvalue weighted by Gasteiger charge is -2.25. The van der Waals surface area contributed by atoms with Gasteiger partial charge < -0.3 is 28.3 Å². The predicted octanol–water partition coefficient (Wildman–Crippen LogP) is 4.16. The monoisotopic (exact) mass is 437 g/mol. The molecular formula is C25H27NO6. The Labute approximate surface area is 186 Å². The van der Waals surface area contributed by atoms with Crippen LogP contribution in [0.25, 0.3) is 11.0 Å². The number of rotatable bonds is 7. The lowest BCUT2D eigenvalue weighted by molar-refractivity contribution is 0.174. The highest BCUT2D eigenvalue weighted by atomic mass is 16.7. The molecule has 0 bridgehead atoms. The molecule has 0 spiro atoms. The van der Waals surface area contributed by atoms with Gasteiger partial charge in [0.25, 0.3) is 0 Å². The fourth-order valence-electron chi connectivity index (χ4n) is 4.79. The molecule has 0 saturated carbocycles. The molecule has 3 aromatic rings. The van der Waals surface area contributed by atoms with Crippen LogP contribution in [0, 0.1) is 0 Å². The maximum absolute atomic E-state index is 12.2. The number of benzene rings is 2. The van der Waals surface area contributed by atoms with E-state index in [1.165, 1.54) is 18.9 Å². The number of likely N-dealkylation sites (tertiary alicyclic amines) is 1. The normalized spacial score (nSPS) is 16.4. The lowest BCUT2D eigenvalue weighted by Crippen LogP contribution is -2.22. The summed E-state index contributed by atoms with van der Waals surface area (Å²) in [6.45, 7) is 3.39. The molecule has 0 amide bonds. The van der Waals surface area contributed by atoms with Gasteiger partial charge >= 0.3 is 5.63 Å². The molecular weight excluding hydrogens is 410 g/mol. The van der Waals surface area contributed by atoms with Gasteiger partial charge in [0.2, 0.25) is 6.79 Å². The number of methoxy groups -OCH3 is 2. The topological polar surface area (TPSA) is 70.4 Å². The van der Waals surface area contributed by atoms with E-state index in [9.17, 15) is 4.79 Å². The van der Waals surface area contributed by atoms with Crippen LogP contribution >= 0.6 is 0 Å². The summed E-state index contributed by atoms with van der Waals surface area (Å²) in [5, 5.41) is 0.745. The molecule has 1 saturated heterocycles. The fraction of sp³-hybridized carbons (Fsp3) is 0.400. The van der Waals surface area contributed by atoms with Gasteiger partial charge in [-0.3, -0.25) is 0 Å². The minimum Gasteiger partial charge on any atom is -0.496 e. The Bertz CT molecular complexity index is 1180. The van der Waals surface area contributed by atoms with Crippen LogP contribution in [0.4, 0.5) is 0 Å². The smallest absolute Gasteiger partial charge is 0.336 e. The minimum atomic E-state index is -0.405. The van der Waals surface area contributed by atoms with Crippen LogP contribution in [0.3, 0.4) is 0 Å². The summed E-state index contributed by atoms with van der Waals surface area (Å²) in [6.07, 6.45) is 3.31. The van der Waals surface area contributed by atoms with Crippen molar-refractivity contribution in [1.29, 1.82) is 0 Å². The standard InChI is InChI=1S/C25H27NO6/c1-28-20-14-22(29-2)24(25-18(20)6-8-23(27)32-25)17(9-12-26-10-3-4-11-26)16-5-7-19-21(13-16)31-15-30-19/h5-8,13-14,17H,3-4,9-12,15H2,1-2H3/t17-/m1/s1. The molecule has 2 aliphatic rings. The van der Waals surface area contributed by atoms with Crippen molar-refractivity contribution in [2.75, 3.05) is 40.6 Å². The third kappa shape index (κ3) is 3.77. The van der Waals surface area contributed by atoms with Crippen molar-refractivity contribution in [3.05, 3.63) is 57.9 Å². The summed E-state index contributed by atoms with van der Waals surface area (Å²) in [5.41, 5.74) is 2.00. The molecule has 1 atom stereocenters. The first kappa shape index (κ1) is 20.7. The van der Waals surface area contributed by atoms with Crippen molar-refractivity contribution in [3.8, 4) is 23.0 Å². The van der Waals surface area contributed by atoms with Gasteiger partial charge in [-0.2, -0.15) is 0 Å². The van der Waals surface area contributed by atoms with Crippen LogP contribution in [0.1, 0.15) is 36.3 Å². The summed E-state index contributed by atoms with van der Waals surface area (Å²) in [7, 11) is 3.23. The Hall–Kier alpha value is -3.19. The molecule has 32 heavy (non-hydrogen) atoms. The second-order valence-electron chi connectivity index (χ2n) is 8.19. The van der Waals surface area contributed by atoms with Crippen molar-refractivity contribution < 1.29 is 23.4 Å². The average molecular weight is 437 g/mol. The molecule has 0 radical (unpaired) electrons. The number of nitrogens with zero attached hydrogens (tertiary/aromatic N) is 1. The van der Waals surface area contributed by atoms with E-state index >= 15 is 0 Å². The third-order valence-electron chi connectivity index (χ3n) is 6.39. The zero-order valence-corrected chi connectivity index (χ0v) is 18.4. The quantitative estimate of drug-likeness (QED) is 0.514. The zero-order chi connectivity index (χ0) is 22.1. The van der Waals surface area contributed by atoms with Crippen LogP contribution < -0.4 is 24.6 Å². The SMILES string of the molecule is COc1cc(OC)c2ccc(=O)oc2c1[C@H](CCN1CCCC1)c1ccc2c(c1)OCO2. The first-order valence-electron chi connectivity index (χ1n) is 11.0. The van der Waals surface area contributed by atoms with Gasteiger partial charge in [-0.1, -0.05) is 6.07 Å². The van der Waals surface area contributed by atoms with Crippen molar-refractivity contribution >= 4 is 11.0 Å². The van der Waals surface area contributed by atoms with Crippen LogP contribution in [0.5, 0.6) is 23.0 Å². The van der Waals surface area contributed by atoms with E-state index < -0.39 is 5.63 Å². The van der Waals surface area contributed by atoms with Gasteiger partial charge in [0.05, 0.1) is 19.6 Å². The maximum atomic E-state index is 12.2. The molecule has 0 N–H and O–H groups in total. The second-order valence-corrected chi connectivity index (χ2v) is 8.19. The Kier molecular flexibility index (Phi) is 5.66. The molecule has 2 aromatic carbocycles. The molecule has 1 fully saturated rings. The van der Waals surface area contributed by atoms with Crippen LogP contribution in [-0.4, -0.2) is 45.5 Å². The van der Waals surface area contributed by atoms with Crippen molar-refractivity contribution in [1.82, 2.24) is 4.90 Å².